The number of thiazole rings is 1. The van der Waals surface area contributed by atoms with Crippen molar-refractivity contribution in [2.45, 2.75) is 13.5 Å². The van der Waals surface area contributed by atoms with E-state index in [0.29, 0.717) is 5.69 Å². The van der Waals surface area contributed by atoms with Crippen molar-refractivity contribution in [2.75, 3.05) is 18.5 Å². The average Bonchev–Trinajstić information content (AvgIpc) is 2.85. The van der Waals surface area contributed by atoms with Crippen LogP contribution in [0, 0.1) is 5.82 Å². The van der Waals surface area contributed by atoms with Crippen LogP contribution < -0.4 is 10.2 Å². The van der Waals surface area contributed by atoms with E-state index in [0.717, 1.165) is 23.9 Å². The number of anilines is 2. The van der Waals surface area contributed by atoms with Crippen molar-refractivity contribution in [3.8, 4) is 0 Å². The summed E-state index contributed by atoms with van der Waals surface area (Å²) in [6, 6.07) is 6.72. The standard InChI is InChI=1S/C13H16FN3S/c1-3-15-8-10-9-18-13(16-10)17(2)12-7-5-4-6-11(12)14/h4-7,9,15H,3,8H2,1-2H3. The topological polar surface area (TPSA) is 28.2 Å². The Morgan fingerprint density at radius 3 is 2.89 bits per heavy atom. The van der Waals surface area contributed by atoms with Gasteiger partial charge >= 0.3 is 0 Å². The van der Waals surface area contributed by atoms with Crippen LogP contribution >= 0.6 is 11.3 Å². The normalized spacial score (nSPS) is 10.6. The number of halogens is 1. The van der Waals surface area contributed by atoms with Gasteiger partial charge < -0.3 is 10.2 Å². The second kappa shape index (κ2) is 5.93. The van der Waals surface area contributed by atoms with Gasteiger partial charge in [0.15, 0.2) is 5.13 Å². The molecule has 2 aromatic rings. The lowest BCUT2D eigenvalue weighted by molar-refractivity contribution is 0.627. The van der Waals surface area contributed by atoms with Gasteiger partial charge in [0.1, 0.15) is 5.82 Å². The van der Waals surface area contributed by atoms with Crippen LogP contribution in [-0.2, 0) is 6.54 Å². The molecular weight excluding hydrogens is 249 g/mol. The van der Waals surface area contributed by atoms with E-state index in [9.17, 15) is 4.39 Å². The molecule has 96 valence electrons. The Bertz CT molecular complexity index is 512. The number of nitrogens with one attached hydrogen (secondary N) is 1. The predicted octanol–water partition coefficient (Wildman–Crippen LogP) is 3.16. The van der Waals surface area contributed by atoms with Crippen molar-refractivity contribution in [3.05, 3.63) is 41.2 Å². The first kappa shape index (κ1) is 13.0. The molecule has 0 spiro atoms. The quantitative estimate of drug-likeness (QED) is 0.900. The second-order valence-corrected chi connectivity index (χ2v) is 4.75. The van der Waals surface area contributed by atoms with Crippen molar-refractivity contribution in [1.29, 1.82) is 0 Å². The van der Waals surface area contributed by atoms with Gasteiger partial charge in [0.05, 0.1) is 11.4 Å². The molecule has 3 nitrogen and oxygen atoms in total. The van der Waals surface area contributed by atoms with Crippen molar-refractivity contribution in [3.63, 3.8) is 0 Å². The average molecular weight is 265 g/mol. The molecule has 0 unspecified atom stereocenters. The molecule has 0 bridgehead atoms. The van der Waals surface area contributed by atoms with Crippen LogP contribution in [0.4, 0.5) is 15.2 Å². The van der Waals surface area contributed by atoms with Crippen LogP contribution in [0.5, 0.6) is 0 Å². The molecule has 0 amide bonds. The fraction of sp³-hybridized carbons (Fsp3) is 0.308. The van der Waals surface area contributed by atoms with Gasteiger partial charge in [0, 0.05) is 19.0 Å². The molecule has 0 aliphatic carbocycles. The Morgan fingerprint density at radius 2 is 2.17 bits per heavy atom. The predicted molar refractivity (Wildman–Crippen MR) is 74.0 cm³/mol. The smallest absolute Gasteiger partial charge is 0.189 e. The SMILES string of the molecule is CCNCc1csc(N(C)c2ccccc2F)n1. The summed E-state index contributed by atoms with van der Waals surface area (Å²) < 4.78 is 13.7. The summed E-state index contributed by atoms with van der Waals surface area (Å²) in [5.74, 6) is -0.233. The van der Waals surface area contributed by atoms with Crippen molar-refractivity contribution in [2.24, 2.45) is 0 Å². The Kier molecular flexibility index (Phi) is 4.28. The molecular formula is C13H16FN3S. The monoisotopic (exact) mass is 265 g/mol. The molecule has 1 heterocycles. The molecule has 0 saturated heterocycles. The number of hydrogen-bond donors (Lipinski definition) is 1. The maximum Gasteiger partial charge on any atom is 0.189 e. The highest BCUT2D eigenvalue weighted by Gasteiger charge is 2.12. The van der Waals surface area contributed by atoms with E-state index in [1.165, 1.54) is 17.4 Å². The van der Waals surface area contributed by atoms with Crippen LogP contribution in [-0.4, -0.2) is 18.6 Å². The largest absolute Gasteiger partial charge is 0.318 e. The highest BCUT2D eigenvalue weighted by molar-refractivity contribution is 7.13. The summed E-state index contributed by atoms with van der Waals surface area (Å²) in [6.07, 6.45) is 0. The van der Waals surface area contributed by atoms with Gasteiger partial charge in [-0.15, -0.1) is 11.3 Å². The minimum Gasteiger partial charge on any atom is -0.318 e. The van der Waals surface area contributed by atoms with Gasteiger partial charge in [-0.2, -0.15) is 0 Å². The van der Waals surface area contributed by atoms with Gasteiger partial charge in [-0.3, -0.25) is 0 Å². The molecule has 2 rings (SSSR count). The zero-order chi connectivity index (χ0) is 13.0. The Labute approximate surface area is 110 Å². The molecule has 0 atom stereocenters. The van der Waals surface area contributed by atoms with Gasteiger partial charge in [-0.25, -0.2) is 9.37 Å². The Morgan fingerprint density at radius 1 is 1.39 bits per heavy atom. The Balaban J connectivity index is 2.16. The van der Waals surface area contributed by atoms with E-state index >= 15 is 0 Å². The molecule has 0 saturated carbocycles. The van der Waals surface area contributed by atoms with Crippen molar-refractivity contribution in [1.82, 2.24) is 10.3 Å². The van der Waals surface area contributed by atoms with E-state index in [2.05, 4.69) is 17.2 Å². The van der Waals surface area contributed by atoms with Crippen LogP contribution in [0.15, 0.2) is 29.6 Å². The lowest BCUT2D eigenvalue weighted by atomic mass is 10.3. The first-order valence-electron chi connectivity index (χ1n) is 5.85. The molecule has 0 radical (unpaired) electrons. The number of hydrogen-bond acceptors (Lipinski definition) is 4. The zero-order valence-corrected chi connectivity index (χ0v) is 11.3. The second-order valence-electron chi connectivity index (χ2n) is 3.91. The van der Waals surface area contributed by atoms with Gasteiger partial charge in [0.2, 0.25) is 0 Å². The summed E-state index contributed by atoms with van der Waals surface area (Å²) in [5.41, 5.74) is 1.53. The zero-order valence-electron chi connectivity index (χ0n) is 10.5. The molecule has 1 aromatic heterocycles. The fourth-order valence-electron chi connectivity index (χ4n) is 1.61. The summed E-state index contributed by atoms with van der Waals surface area (Å²) in [6.45, 7) is 3.72. The third kappa shape index (κ3) is 2.86. The molecule has 0 aliphatic heterocycles. The van der Waals surface area contributed by atoms with Crippen LogP contribution in [0.1, 0.15) is 12.6 Å². The van der Waals surface area contributed by atoms with Crippen molar-refractivity contribution < 1.29 is 4.39 Å². The third-order valence-corrected chi connectivity index (χ3v) is 3.56. The summed E-state index contributed by atoms with van der Waals surface area (Å²) >= 11 is 1.52. The molecule has 18 heavy (non-hydrogen) atoms. The number of nitrogens with zero attached hydrogens (tertiary/aromatic N) is 2. The lowest BCUT2D eigenvalue weighted by Crippen LogP contribution is -2.13. The molecule has 1 N–H and O–H groups in total. The van der Waals surface area contributed by atoms with E-state index in [-0.39, 0.29) is 5.82 Å². The molecule has 0 fully saturated rings. The first-order valence-corrected chi connectivity index (χ1v) is 6.73. The van der Waals surface area contributed by atoms with Crippen LogP contribution in [0.25, 0.3) is 0 Å². The fourth-order valence-corrected chi connectivity index (χ4v) is 2.42. The summed E-state index contributed by atoms with van der Waals surface area (Å²) in [4.78, 5) is 6.25. The van der Waals surface area contributed by atoms with E-state index in [1.807, 2.05) is 18.5 Å². The third-order valence-electron chi connectivity index (χ3n) is 2.60. The van der Waals surface area contributed by atoms with Gasteiger partial charge in [-0.05, 0) is 18.7 Å². The highest BCUT2D eigenvalue weighted by atomic mass is 32.1. The van der Waals surface area contributed by atoms with Gasteiger partial charge in [-0.1, -0.05) is 19.1 Å². The van der Waals surface area contributed by atoms with Crippen molar-refractivity contribution >= 4 is 22.2 Å². The van der Waals surface area contributed by atoms with Gasteiger partial charge in [0.25, 0.3) is 0 Å². The Hall–Kier alpha value is -1.46. The molecule has 0 aliphatic rings. The number of aromatic nitrogens is 1. The highest BCUT2D eigenvalue weighted by Crippen LogP contribution is 2.28. The minimum absolute atomic E-state index is 0.233. The first-order chi connectivity index (χ1) is 8.72. The summed E-state index contributed by atoms with van der Waals surface area (Å²) in [7, 11) is 1.83. The maximum atomic E-state index is 13.7. The van der Waals surface area contributed by atoms with E-state index < -0.39 is 0 Å². The minimum atomic E-state index is -0.233. The van der Waals surface area contributed by atoms with Crippen LogP contribution in [0.3, 0.4) is 0 Å². The number of para-hydroxylation sites is 1. The lowest BCUT2D eigenvalue weighted by Gasteiger charge is -2.16. The molecule has 5 heteroatoms. The molecule has 1 aromatic carbocycles. The maximum absolute atomic E-state index is 13.7. The van der Waals surface area contributed by atoms with E-state index in [4.69, 9.17) is 0 Å². The number of rotatable bonds is 5. The summed E-state index contributed by atoms with van der Waals surface area (Å²) in [5, 5.41) is 6.01. The van der Waals surface area contributed by atoms with E-state index in [1.54, 1.807) is 17.0 Å². The number of benzene rings is 1. The van der Waals surface area contributed by atoms with Crippen LogP contribution in [0.2, 0.25) is 0 Å².